The molecule has 150 valence electrons. The van der Waals surface area contributed by atoms with E-state index in [1.165, 1.54) is 40.9 Å². The molecule has 2 aromatic carbocycles. The number of hydrogen-bond acceptors (Lipinski definition) is 6. The van der Waals surface area contributed by atoms with Crippen LogP contribution in [0.3, 0.4) is 0 Å². The van der Waals surface area contributed by atoms with E-state index < -0.39 is 11.2 Å². The van der Waals surface area contributed by atoms with Gasteiger partial charge in [-0.05, 0) is 42.8 Å². The van der Waals surface area contributed by atoms with E-state index in [1.807, 2.05) is 6.92 Å². The zero-order chi connectivity index (χ0) is 21.0. The number of aromatic carboxylic acids is 1. The minimum Gasteiger partial charge on any atom is -0.545 e. The van der Waals surface area contributed by atoms with Crippen LogP contribution in [-0.4, -0.2) is 39.6 Å². The molecule has 1 fully saturated rings. The molecule has 0 bridgehead atoms. The number of carboxylic acid groups (broad SMARTS) is 1. The summed E-state index contributed by atoms with van der Waals surface area (Å²) in [7, 11) is 0. The van der Waals surface area contributed by atoms with Gasteiger partial charge in [0.2, 0.25) is 11.8 Å². The quantitative estimate of drug-likeness (QED) is 0.785. The summed E-state index contributed by atoms with van der Waals surface area (Å²) < 4.78 is 0. The molecule has 1 atom stereocenters. The number of aliphatic imine (C=N–C) groups is 1. The van der Waals surface area contributed by atoms with E-state index in [9.17, 15) is 19.5 Å². The van der Waals surface area contributed by atoms with E-state index in [1.54, 1.807) is 24.3 Å². The fourth-order valence-electron chi connectivity index (χ4n) is 2.72. The number of carbonyl (C=O) groups excluding carboxylic acids is 3. The van der Waals surface area contributed by atoms with Crippen LogP contribution in [0.5, 0.6) is 0 Å². The van der Waals surface area contributed by atoms with Crippen molar-refractivity contribution in [1.29, 1.82) is 0 Å². The molecule has 1 heterocycles. The Morgan fingerprint density at radius 3 is 2.62 bits per heavy atom. The van der Waals surface area contributed by atoms with Gasteiger partial charge in [-0.3, -0.25) is 14.5 Å². The Morgan fingerprint density at radius 2 is 2.00 bits per heavy atom. The molecule has 0 aliphatic carbocycles. The molecule has 0 saturated carbocycles. The Kier molecular flexibility index (Phi) is 6.56. The van der Waals surface area contributed by atoms with Crippen LogP contribution < -0.4 is 10.4 Å². The van der Waals surface area contributed by atoms with E-state index in [0.29, 0.717) is 28.1 Å². The number of amidine groups is 1. The highest BCUT2D eigenvalue weighted by atomic mass is 35.5. The Labute approximate surface area is 176 Å². The molecule has 0 unspecified atom stereocenters. The Morgan fingerprint density at radius 1 is 1.28 bits per heavy atom. The number of benzene rings is 2. The maximum Gasteiger partial charge on any atom is 0.238 e. The standard InChI is InChI=1S/C20H18ClN3O4S/c1-2-24-17(25)11-16(29-20(24)23-15-5-3-4-13(21)10-15)18(26)22-14-8-6-12(7-9-14)19(27)28/h3-10,16H,2,11H2,1H3,(H,22,26)(H,27,28)/p-1/t16-/m0/s1. The van der Waals surface area contributed by atoms with E-state index in [4.69, 9.17) is 11.6 Å². The molecule has 7 nitrogen and oxygen atoms in total. The van der Waals surface area contributed by atoms with Crippen molar-refractivity contribution in [1.82, 2.24) is 4.90 Å². The van der Waals surface area contributed by atoms with Crippen LogP contribution in [0.1, 0.15) is 23.7 Å². The lowest BCUT2D eigenvalue weighted by Gasteiger charge is -2.30. The van der Waals surface area contributed by atoms with Crippen molar-refractivity contribution in [2.45, 2.75) is 18.6 Å². The average Bonchev–Trinajstić information content (AvgIpc) is 2.68. The molecule has 1 aliphatic rings. The Hall–Kier alpha value is -2.84. The molecular formula is C20H17ClN3O4S-. The summed E-state index contributed by atoms with van der Waals surface area (Å²) in [6, 6.07) is 12.5. The third-order valence-corrected chi connectivity index (χ3v) is 5.59. The molecular weight excluding hydrogens is 414 g/mol. The predicted octanol–water partition coefficient (Wildman–Crippen LogP) is 2.68. The van der Waals surface area contributed by atoms with Crippen LogP contribution in [0.2, 0.25) is 5.02 Å². The van der Waals surface area contributed by atoms with Gasteiger partial charge in [0.15, 0.2) is 5.17 Å². The summed E-state index contributed by atoms with van der Waals surface area (Å²) in [5.41, 5.74) is 1.03. The van der Waals surface area contributed by atoms with E-state index in [0.717, 1.165) is 0 Å². The molecule has 2 amide bonds. The zero-order valence-electron chi connectivity index (χ0n) is 15.4. The Bertz CT molecular complexity index is 978. The molecule has 0 spiro atoms. The highest BCUT2D eigenvalue weighted by molar-refractivity contribution is 8.15. The third kappa shape index (κ3) is 5.16. The first-order chi connectivity index (χ1) is 13.9. The van der Waals surface area contributed by atoms with Gasteiger partial charge >= 0.3 is 0 Å². The molecule has 9 heteroatoms. The molecule has 2 aromatic rings. The molecule has 3 rings (SSSR count). The topological polar surface area (TPSA) is 102 Å². The van der Waals surface area contributed by atoms with E-state index in [2.05, 4.69) is 10.3 Å². The lowest BCUT2D eigenvalue weighted by atomic mass is 10.2. The lowest BCUT2D eigenvalue weighted by molar-refractivity contribution is -0.255. The monoisotopic (exact) mass is 430 g/mol. The molecule has 0 aromatic heterocycles. The van der Waals surface area contributed by atoms with Crippen LogP contribution in [0.4, 0.5) is 11.4 Å². The summed E-state index contributed by atoms with van der Waals surface area (Å²) in [5, 5.41) is 13.8. The van der Waals surface area contributed by atoms with Crippen molar-refractivity contribution in [3.63, 3.8) is 0 Å². The molecule has 29 heavy (non-hydrogen) atoms. The largest absolute Gasteiger partial charge is 0.545 e. The second-order valence-corrected chi connectivity index (χ2v) is 7.78. The summed E-state index contributed by atoms with van der Waals surface area (Å²) in [4.78, 5) is 42.1. The minimum atomic E-state index is -1.29. The average molecular weight is 431 g/mol. The number of nitrogens with one attached hydrogen (secondary N) is 1. The number of amides is 2. The summed E-state index contributed by atoms with van der Waals surface area (Å²) >= 11 is 7.20. The van der Waals surface area contributed by atoms with Crippen molar-refractivity contribution in [2.75, 3.05) is 11.9 Å². The number of anilines is 1. The molecule has 1 saturated heterocycles. The van der Waals surface area contributed by atoms with Crippen molar-refractivity contribution in [3.05, 3.63) is 59.1 Å². The highest BCUT2D eigenvalue weighted by Crippen LogP contribution is 2.30. The van der Waals surface area contributed by atoms with Crippen LogP contribution in [0.15, 0.2) is 53.5 Å². The fraction of sp³-hybridized carbons (Fsp3) is 0.200. The van der Waals surface area contributed by atoms with Gasteiger partial charge in [0.25, 0.3) is 0 Å². The number of thioether (sulfide) groups is 1. The first kappa shape index (κ1) is 20.9. The number of carboxylic acids is 1. The van der Waals surface area contributed by atoms with Crippen molar-refractivity contribution < 1.29 is 19.5 Å². The molecule has 0 radical (unpaired) electrons. The summed E-state index contributed by atoms with van der Waals surface area (Å²) in [6.45, 7) is 2.27. The fourth-order valence-corrected chi connectivity index (χ4v) is 4.07. The number of rotatable bonds is 5. The second-order valence-electron chi connectivity index (χ2n) is 6.18. The third-order valence-electron chi connectivity index (χ3n) is 4.17. The first-order valence-electron chi connectivity index (χ1n) is 8.81. The van der Waals surface area contributed by atoms with Crippen molar-refractivity contribution in [2.24, 2.45) is 4.99 Å². The maximum atomic E-state index is 12.7. The second kappa shape index (κ2) is 9.11. The van der Waals surface area contributed by atoms with Crippen LogP contribution in [0, 0.1) is 0 Å². The zero-order valence-corrected chi connectivity index (χ0v) is 17.0. The Balaban J connectivity index is 1.78. The SMILES string of the molecule is CCN1C(=O)C[C@@H](C(=O)Nc2ccc(C(=O)[O-])cc2)SC1=Nc1cccc(Cl)c1. The van der Waals surface area contributed by atoms with Crippen LogP contribution in [-0.2, 0) is 9.59 Å². The van der Waals surface area contributed by atoms with Gasteiger partial charge in [-0.1, -0.05) is 41.6 Å². The smallest absolute Gasteiger partial charge is 0.238 e. The van der Waals surface area contributed by atoms with Gasteiger partial charge in [0.05, 0.1) is 11.7 Å². The summed E-state index contributed by atoms with van der Waals surface area (Å²) in [6.07, 6.45) is 0.0377. The van der Waals surface area contributed by atoms with Gasteiger partial charge in [-0.15, -0.1) is 0 Å². The van der Waals surface area contributed by atoms with E-state index >= 15 is 0 Å². The first-order valence-corrected chi connectivity index (χ1v) is 10.1. The van der Waals surface area contributed by atoms with Crippen molar-refractivity contribution in [3.8, 4) is 0 Å². The predicted molar refractivity (Wildman–Crippen MR) is 111 cm³/mol. The number of carbonyl (C=O) groups is 3. The maximum absolute atomic E-state index is 12.7. The van der Waals surface area contributed by atoms with E-state index in [-0.39, 0.29) is 23.8 Å². The van der Waals surface area contributed by atoms with Gasteiger partial charge in [-0.25, -0.2) is 4.99 Å². The van der Waals surface area contributed by atoms with Crippen molar-refractivity contribution >= 4 is 57.7 Å². The minimum absolute atomic E-state index is 0.0137. The number of nitrogens with zero attached hydrogens (tertiary/aromatic N) is 2. The van der Waals surface area contributed by atoms with Gasteiger partial charge in [0.1, 0.15) is 5.25 Å². The number of halogens is 1. The molecule has 1 aliphatic heterocycles. The normalized spacial score (nSPS) is 18.0. The lowest BCUT2D eigenvalue weighted by Crippen LogP contribution is -2.45. The summed E-state index contributed by atoms with van der Waals surface area (Å²) in [5.74, 6) is -1.85. The molecule has 1 N–H and O–H groups in total. The van der Waals surface area contributed by atoms with Gasteiger partial charge in [0, 0.05) is 23.7 Å². The van der Waals surface area contributed by atoms with Gasteiger partial charge < -0.3 is 15.2 Å². The van der Waals surface area contributed by atoms with Crippen LogP contribution >= 0.6 is 23.4 Å². The van der Waals surface area contributed by atoms with Crippen LogP contribution in [0.25, 0.3) is 0 Å². The number of hydrogen-bond donors (Lipinski definition) is 1. The van der Waals surface area contributed by atoms with Gasteiger partial charge in [-0.2, -0.15) is 0 Å². The highest BCUT2D eigenvalue weighted by Gasteiger charge is 2.35.